The van der Waals surface area contributed by atoms with Crippen LogP contribution in [0.25, 0.3) is 6.08 Å². The molecule has 0 saturated heterocycles. The fourth-order valence-electron chi connectivity index (χ4n) is 1.85. The number of rotatable bonds is 5. The van der Waals surface area contributed by atoms with Crippen LogP contribution in [0.15, 0.2) is 52.5 Å². The number of carbonyl (C=O) groups is 2. The van der Waals surface area contributed by atoms with Gasteiger partial charge in [-0.15, -0.1) is 0 Å². The van der Waals surface area contributed by atoms with Crippen LogP contribution >= 0.6 is 27.5 Å². The highest BCUT2D eigenvalue weighted by Crippen LogP contribution is 2.19. The van der Waals surface area contributed by atoms with Crippen molar-refractivity contribution >= 4 is 51.2 Å². The molecule has 0 fully saturated rings. The average molecular weight is 438 g/mol. The number of esters is 1. The Bertz CT molecular complexity index is 908. The number of hydrogen-bond donors (Lipinski definition) is 1. The van der Waals surface area contributed by atoms with Gasteiger partial charge in [0.15, 0.2) is 6.61 Å². The third-order valence-corrected chi connectivity index (χ3v) is 3.81. The lowest BCUT2D eigenvalue weighted by molar-refractivity contribution is -0.142. The monoisotopic (exact) mass is 436 g/mol. The van der Waals surface area contributed by atoms with E-state index in [2.05, 4.69) is 21.2 Å². The van der Waals surface area contributed by atoms with Crippen LogP contribution in [-0.4, -0.2) is 18.5 Å². The van der Waals surface area contributed by atoms with Gasteiger partial charge < -0.3 is 10.1 Å². The van der Waals surface area contributed by atoms with Gasteiger partial charge in [0.05, 0.1) is 5.69 Å². The minimum Gasteiger partial charge on any atom is -0.451 e. The maximum atomic E-state index is 13.6. The van der Waals surface area contributed by atoms with E-state index in [1.54, 1.807) is 36.4 Å². The van der Waals surface area contributed by atoms with E-state index in [0.29, 0.717) is 15.1 Å². The van der Waals surface area contributed by atoms with Crippen molar-refractivity contribution in [3.63, 3.8) is 0 Å². The van der Waals surface area contributed by atoms with E-state index in [-0.39, 0.29) is 11.3 Å². The fourth-order valence-corrected chi connectivity index (χ4v) is 2.31. The number of benzene rings is 2. The van der Waals surface area contributed by atoms with Crippen molar-refractivity contribution in [1.29, 1.82) is 5.26 Å². The molecule has 0 atom stereocenters. The molecule has 0 aliphatic rings. The largest absolute Gasteiger partial charge is 0.451 e. The van der Waals surface area contributed by atoms with Crippen molar-refractivity contribution in [1.82, 2.24) is 0 Å². The number of anilines is 1. The van der Waals surface area contributed by atoms with Crippen molar-refractivity contribution in [2.24, 2.45) is 0 Å². The quantitative estimate of drug-likeness (QED) is 0.429. The van der Waals surface area contributed by atoms with E-state index in [0.717, 1.165) is 0 Å². The number of hydrogen-bond acceptors (Lipinski definition) is 4. The second-order valence-corrected chi connectivity index (χ2v) is 6.32. The van der Waals surface area contributed by atoms with Gasteiger partial charge in [-0.3, -0.25) is 4.79 Å². The van der Waals surface area contributed by atoms with Crippen molar-refractivity contribution in [3.05, 3.63) is 68.9 Å². The van der Waals surface area contributed by atoms with Crippen molar-refractivity contribution in [2.45, 2.75) is 0 Å². The molecular formula is C18H11BrClFN2O3. The third-order valence-electron chi connectivity index (χ3n) is 3.06. The minimum absolute atomic E-state index is 0.0496. The van der Waals surface area contributed by atoms with Crippen LogP contribution in [0.1, 0.15) is 5.56 Å². The normalized spacial score (nSPS) is 10.8. The first-order valence-corrected chi connectivity index (χ1v) is 8.35. The summed E-state index contributed by atoms with van der Waals surface area (Å²) >= 11 is 8.87. The smallest absolute Gasteiger partial charge is 0.349 e. The highest BCUT2D eigenvalue weighted by Gasteiger charge is 2.14. The number of nitrogens with one attached hydrogen (secondary N) is 1. The van der Waals surface area contributed by atoms with Gasteiger partial charge in [-0.1, -0.05) is 39.7 Å². The van der Waals surface area contributed by atoms with E-state index in [1.807, 2.05) is 0 Å². The molecular weight excluding hydrogens is 427 g/mol. The van der Waals surface area contributed by atoms with E-state index < -0.39 is 24.3 Å². The Morgan fingerprint density at radius 1 is 1.27 bits per heavy atom. The summed E-state index contributed by atoms with van der Waals surface area (Å²) < 4.78 is 19.0. The summed E-state index contributed by atoms with van der Waals surface area (Å²) in [6.07, 6.45) is 1.31. The van der Waals surface area contributed by atoms with Gasteiger partial charge in [0, 0.05) is 9.50 Å². The molecule has 2 aromatic carbocycles. The summed E-state index contributed by atoms with van der Waals surface area (Å²) in [6, 6.07) is 12.3. The first kappa shape index (κ1) is 19.6. The van der Waals surface area contributed by atoms with Crippen LogP contribution in [0.3, 0.4) is 0 Å². The molecule has 1 amide bonds. The Labute approximate surface area is 162 Å². The molecule has 1 N–H and O–H groups in total. The Morgan fingerprint density at radius 3 is 2.58 bits per heavy atom. The van der Waals surface area contributed by atoms with Crippen LogP contribution in [0.2, 0.25) is 5.02 Å². The van der Waals surface area contributed by atoms with Gasteiger partial charge in [0.25, 0.3) is 5.91 Å². The fraction of sp³-hybridized carbons (Fsp3) is 0.0556. The summed E-state index contributed by atoms with van der Waals surface area (Å²) in [5.74, 6) is -2.34. The number of nitriles is 1. The minimum atomic E-state index is -0.964. The Balaban J connectivity index is 1.96. The lowest BCUT2D eigenvalue weighted by Crippen LogP contribution is -2.21. The molecule has 0 unspecified atom stereocenters. The molecule has 0 aliphatic carbocycles. The summed E-state index contributed by atoms with van der Waals surface area (Å²) in [4.78, 5) is 23.7. The SMILES string of the molecule is N#CC(=Cc1ccc(Cl)cc1)C(=O)OCC(=O)Nc1ccc(Br)cc1F. The van der Waals surface area contributed by atoms with Crippen LogP contribution in [0.4, 0.5) is 10.1 Å². The van der Waals surface area contributed by atoms with Crippen molar-refractivity contribution in [2.75, 3.05) is 11.9 Å². The average Bonchev–Trinajstić information content (AvgIpc) is 2.61. The van der Waals surface area contributed by atoms with Crippen LogP contribution in [-0.2, 0) is 14.3 Å². The highest BCUT2D eigenvalue weighted by molar-refractivity contribution is 9.10. The standard InChI is InChI=1S/C18H11BrClFN2O3/c19-13-3-6-16(15(21)8-13)23-17(24)10-26-18(25)12(9-22)7-11-1-4-14(20)5-2-11/h1-8H,10H2,(H,23,24). The molecule has 2 rings (SSSR count). The van der Waals surface area contributed by atoms with Crippen LogP contribution < -0.4 is 5.32 Å². The summed E-state index contributed by atoms with van der Waals surface area (Å²) in [5.41, 5.74) is 0.241. The van der Waals surface area contributed by atoms with Crippen molar-refractivity contribution < 1.29 is 18.7 Å². The molecule has 0 spiro atoms. The molecule has 0 saturated carbocycles. The third kappa shape index (κ3) is 5.69. The van der Waals surface area contributed by atoms with Crippen molar-refractivity contribution in [3.8, 4) is 6.07 Å². The Kier molecular flexibility index (Phi) is 6.89. The maximum Gasteiger partial charge on any atom is 0.349 e. The lowest BCUT2D eigenvalue weighted by atomic mass is 10.1. The van der Waals surface area contributed by atoms with E-state index >= 15 is 0 Å². The van der Waals surface area contributed by atoms with Crippen LogP contribution in [0, 0.1) is 17.1 Å². The zero-order valence-corrected chi connectivity index (χ0v) is 15.5. The molecule has 0 heterocycles. The van der Waals surface area contributed by atoms with Gasteiger partial charge in [-0.05, 0) is 42.0 Å². The van der Waals surface area contributed by atoms with Gasteiger partial charge in [-0.25, -0.2) is 9.18 Å². The molecule has 5 nitrogen and oxygen atoms in total. The molecule has 8 heteroatoms. The van der Waals surface area contributed by atoms with Gasteiger partial charge >= 0.3 is 5.97 Å². The Morgan fingerprint density at radius 2 is 1.96 bits per heavy atom. The second-order valence-electron chi connectivity index (χ2n) is 4.97. The molecule has 0 bridgehead atoms. The van der Waals surface area contributed by atoms with E-state index in [1.165, 1.54) is 18.2 Å². The van der Waals surface area contributed by atoms with E-state index in [4.69, 9.17) is 21.6 Å². The topological polar surface area (TPSA) is 79.2 Å². The summed E-state index contributed by atoms with van der Waals surface area (Å²) in [6.45, 7) is -0.659. The Hall–Kier alpha value is -2.69. The van der Waals surface area contributed by atoms with E-state index in [9.17, 15) is 14.0 Å². The molecule has 0 aromatic heterocycles. The first-order chi connectivity index (χ1) is 12.4. The maximum absolute atomic E-state index is 13.6. The number of halogens is 3. The zero-order valence-electron chi connectivity index (χ0n) is 13.1. The zero-order chi connectivity index (χ0) is 19.1. The van der Waals surface area contributed by atoms with Gasteiger partial charge in [-0.2, -0.15) is 5.26 Å². The first-order valence-electron chi connectivity index (χ1n) is 7.18. The summed E-state index contributed by atoms with van der Waals surface area (Å²) in [5, 5.41) is 11.9. The molecule has 2 aromatic rings. The molecule has 0 radical (unpaired) electrons. The summed E-state index contributed by atoms with van der Waals surface area (Å²) in [7, 11) is 0. The van der Waals surface area contributed by atoms with Gasteiger partial charge in [0.1, 0.15) is 17.5 Å². The molecule has 26 heavy (non-hydrogen) atoms. The number of nitrogens with zero attached hydrogens (tertiary/aromatic N) is 1. The second kappa shape index (κ2) is 9.13. The number of ether oxygens (including phenoxy) is 1. The van der Waals surface area contributed by atoms with Crippen LogP contribution in [0.5, 0.6) is 0 Å². The number of amides is 1. The predicted octanol–water partition coefficient (Wildman–Crippen LogP) is 4.33. The molecule has 132 valence electrons. The predicted molar refractivity (Wildman–Crippen MR) is 98.7 cm³/mol. The number of carbonyl (C=O) groups excluding carboxylic acids is 2. The van der Waals surface area contributed by atoms with Gasteiger partial charge in [0.2, 0.25) is 0 Å². The lowest BCUT2D eigenvalue weighted by Gasteiger charge is -2.07. The highest BCUT2D eigenvalue weighted by atomic mass is 79.9. The molecule has 0 aliphatic heterocycles.